The highest BCUT2D eigenvalue weighted by Crippen LogP contribution is 2.22. The normalized spacial score (nSPS) is 13.6. The fraction of sp³-hybridized carbons (Fsp3) is 0.700. The zero-order chi connectivity index (χ0) is 13.4. The summed E-state index contributed by atoms with van der Waals surface area (Å²) >= 11 is 5.97. The predicted octanol–water partition coefficient (Wildman–Crippen LogP) is 1.09. The number of hydrogen-bond donors (Lipinski definition) is 1. The van der Waals surface area contributed by atoms with Gasteiger partial charge in [0, 0.05) is 0 Å². The topological polar surface area (TPSA) is 78.6 Å². The second-order valence-electron chi connectivity index (χ2n) is 3.35. The minimum Gasteiger partial charge on any atom is -0.479 e. The number of amides is 1. The standard InChI is InChI=1S/C10H17NO4S2/c1-4-15-10(16)17-7(8(11)12)5-6(2)9(13)14-3/h6-7H,4-5H2,1-3H3,(H2,11,12). The summed E-state index contributed by atoms with van der Waals surface area (Å²) in [6.45, 7) is 3.90. The molecule has 0 saturated carbocycles. The first-order valence-electron chi connectivity index (χ1n) is 5.12. The highest BCUT2D eigenvalue weighted by atomic mass is 32.2. The molecule has 5 nitrogen and oxygen atoms in total. The van der Waals surface area contributed by atoms with Crippen LogP contribution in [-0.2, 0) is 19.1 Å². The molecule has 2 atom stereocenters. The molecule has 17 heavy (non-hydrogen) atoms. The van der Waals surface area contributed by atoms with Gasteiger partial charge >= 0.3 is 5.97 Å². The molecule has 0 aromatic carbocycles. The van der Waals surface area contributed by atoms with Crippen molar-refractivity contribution in [3.05, 3.63) is 0 Å². The number of carbonyl (C=O) groups is 2. The van der Waals surface area contributed by atoms with Crippen LogP contribution in [0.3, 0.4) is 0 Å². The smallest absolute Gasteiger partial charge is 0.308 e. The average molecular weight is 279 g/mol. The Bertz CT molecular complexity index is 296. The SMILES string of the molecule is CCOC(=S)SC(CC(C)C(=O)OC)C(N)=O. The Morgan fingerprint density at radius 2 is 2.06 bits per heavy atom. The van der Waals surface area contributed by atoms with Crippen molar-refractivity contribution in [3.8, 4) is 0 Å². The van der Waals surface area contributed by atoms with Gasteiger partial charge in [-0.15, -0.1) is 0 Å². The van der Waals surface area contributed by atoms with Crippen LogP contribution in [0.1, 0.15) is 20.3 Å². The van der Waals surface area contributed by atoms with Crippen molar-refractivity contribution in [1.29, 1.82) is 0 Å². The number of thiocarbonyl (C=S) groups is 1. The summed E-state index contributed by atoms with van der Waals surface area (Å²) in [4.78, 5) is 22.5. The monoisotopic (exact) mass is 279 g/mol. The van der Waals surface area contributed by atoms with E-state index in [4.69, 9.17) is 22.7 Å². The number of hydrogen-bond acceptors (Lipinski definition) is 6. The molecule has 0 fully saturated rings. The molecule has 0 spiro atoms. The van der Waals surface area contributed by atoms with E-state index in [9.17, 15) is 9.59 Å². The summed E-state index contributed by atoms with van der Waals surface area (Å²) < 4.78 is 9.90. The summed E-state index contributed by atoms with van der Waals surface area (Å²) in [7, 11) is 1.30. The average Bonchev–Trinajstić information content (AvgIpc) is 2.27. The van der Waals surface area contributed by atoms with Crippen molar-refractivity contribution in [1.82, 2.24) is 0 Å². The Labute approximate surface area is 110 Å². The molecule has 0 radical (unpaired) electrons. The summed E-state index contributed by atoms with van der Waals surface area (Å²) in [5.74, 6) is -1.30. The molecule has 0 aliphatic heterocycles. The molecule has 0 aliphatic carbocycles. The number of primary amides is 1. The number of esters is 1. The predicted molar refractivity (Wildman–Crippen MR) is 70.6 cm³/mol. The van der Waals surface area contributed by atoms with Gasteiger partial charge in [0.05, 0.1) is 24.9 Å². The number of methoxy groups -OCH3 is 1. The van der Waals surface area contributed by atoms with E-state index in [0.29, 0.717) is 6.61 Å². The van der Waals surface area contributed by atoms with Crippen molar-refractivity contribution in [2.24, 2.45) is 11.7 Å². The Morgan fingerprint density at radius 1 is 1.47 bits per heavy atom. The Kier molecular flexibility index (Phi) is 7.90. The quantitative estimate of drug-likeness (QED) is 0.579. The van der Waals surface area contributed by atoms with E-state index >= 15 is 0 Å². The summed E-state index contributed by atoms with van der Waals surface area (Å²) in [5.41, 5.74) is 5.24. The zero-order valence-electron chi connectivity index (χ0n) is 10.1. The molecule has 0 heterocycles. The van der Waals surface area contributed by atoms with Gasteiger partial charge in [0.25, 0.3) is 0 Å². The molecule has 0 aliphatic rings. The zero-order valence-corrected chi connectivity index (χ0v) is 11.7. The van der Waals surface area contributed by atoms with Crippen LogP contribution in [0, 0.1) is 5.92 Å². The third-order valence-electron chi connectivity index (χ3n) is 1.99. The molecule has 0 aromatic rings. The van der Waals surface area contributed by atoms with E-state index < -0.39 is 17.1 Å². The highest BCUT2D eigenvalue weighted by Gasteiger charge is 2.25. The van der Waals surface area contributed by atoms with Gasteiger partial charge in [-0.25, -0.2) is 0 Å². The first-order valence-corrected chi connectivity index (χ1v) is 6.41. The van der Waals surface area contributed by atoms with E-state index in [1.165, 1.54) is 7.11 Å². The fourth-order valence-corrected chi connectivity index (χ4v) is 2.49. The van der Waals surface area contributed by atoms with Crippen molar-refractivity contribution >= 4 is 40.2 Å². The lowest BCUT2D eigenvalue weighted by Crippen LogP contribution is -2.30. The van der Waals surface area contributed by atoms with Gasteiger partial charge in [-0.1, -0.05) is 18.7 Å². The molecular formula is C10H17NO4S2. The third-order valence-corrected chi connectivity index (χ3v) is 3.42. The number of ether oxygens (including phenoxy) is 2. The van der Waals surface area contributed by atoms with E-state index in [1.54, 1.807) is 13.8 Å². The second kappa shape index (κ2) is 8.30. The Morgan fingerprint density at radius 3 is 2.47 bits per heavy atom. The first kappa shape index (κ1) is 16.2. The van der Waals surface area contributed by atoms with Crippen LogP contribution in [0.15, 0.2) is 0 Å². The van der Waals surface area contributed by atoms with E-state index in [-0.39, 0.29) is 16.8 Å². The van der Waals surface area contributed by atoms with Crippen LogP contribution in [0.25, 0.3) is 0 Å². The fourth-order valence-electron chi connectivity index (χ4n) is 1.11. The van der Waals surface area contributed by atoms with Crippen LogP contribution in [-0.4, -0.2) is 35.2 Å². The second-order valence-corrected chi connectivity index (χ2v) is 5.16. The molecule has 0 aromatic heterocycles. The summed E-state index contributed by atoms with van der Waals surface area (Å²) in [5, 5.41) is -0.580. The summed E-state index contributed by atoms with van der Waals surface area (Å²) in [6, 6.07) is 0. The lowest BCUT2D eigenvalue weighted by Gasteiger charge is -2.16. The van der Waals surface area contributed by atoms with Crippen molar-refractivity contribution < 1.29 is 19.1 Å². The number of thioether (sulfide) groups is 1. The number of rotatable bonds is 6. The van der Waals surface area contributed by atoms with Gasteiger partial charge in [-0.05, 0) is 25.6 Å². The van der Waals surface area contributed by atoms with Crippen LogP contribution in [0.5, 0.6) is 0 Å². The van der Waals surface area contributed by atoms with Crippen molar-refractivity contribution in [3.63, 3.8) is 0 Å². The lowest BCUT2D eigenvalue weighted by atomic mass is 10.1. The van der Waals surface area contributed by atoms with E-state index in [1.807, 2.05) is 0 Å². The maximum Gasteiger partial charge on any atom is 0.308 e. The molecule has 0 bridgehead atoms. The largest absolute Gasteiger partial charge is 0.479 e. The van der Waals surface area contributed by atoms with E-state index in [2.05, 4.69) is 4.74 Å². The molecule has 0 rings (SSSR count). The van der Waals surface area contributed by atoms with Crippen LogP contribution < -0.4 is 5.73 Å². The lowest BCUT2D eigenvalue weighted by molar-refractivity contribution is -0.145. The molecular weight excluding hydrogens is 262 g/mol. The van der Waals surface area contributed by atoms with Crippen LogP contribution in [0.4, 0.5) is 0 Å². The maximum atomic E-state index is 11.2. The van der Waals surface area contributed by atoms with Gasteiger partial charge in [-0.2, -0.15) is 0 Å². The van der Waals surface area contributed by atoms with Crippen molar-refractivity contribution in [2.45, 2.75) is 25.5 Å². The molecule has 2 unspecified atom stereocenters. The van der Waals surface area contributed by atoms with Gasteiger partial charge in [-0.3, -0.25) is 9.59 Å². The number of carbonyl (C=O) groups excluding carboxylic acids is 2. The highest BCUT2D eigenvalue weighted by molar-refractivity contribution is 8.23. The van der Waals surface area contributed by atoms with Crippen molar-refractivity contribution in [2.75, 3.05) is 13.7 Å². The maximum absolute atomic E-state index is 11.2. The Hall–Kier alpha value is -0.820. The van der Waals surface area contributed by atoms with Crippen LogP contribution in [0.2, 0.25) is 0 Å². The molecule has 2 N–H and O–H groups in total. The van der Waals surface area contributed by atoms with E-state index in [0.717, 1.165) is 11.8 Å². The molecule has 0 saturated heterocycles. The van der Waals surface area contributed by atoms with Gasteiger partial charge in [0.1, 0.15) is 0 Å². The molecule has 98 valence electrons. The third kappa shape index (κ3) is 6.48. The van der Waals surface area contributed by atoms with Crippen LogP contribution >= 0.6 is 24.0 Å². The Balaban J connectivity index is 4.39. The molecule has 1 amide bonds. The molecule has 7 heteroatoms. The van der Waals surface area contributed by atoms with Gasteiger partial charge < -0.3 is 15.2 Å². The summed E-state index contributed by atoms with van der Waals surface area (Å²) in [6.07, 6.45) is 0.278. The minimum atomic E-state index is -0.580. The first-order chi connectivity index (χ1) is 7.92. The number of nitrogens with two attached hydrogens (primary N) is 1. The van der Waals surface area contributed by atoms with Gasteiger partial charge in [0.2, 0.25) is 10.3 Å². The van der Waals surface area contributed by atoms with Gasteiger partial charge in [0.15, 0.2) is 0 Å². The minimum absolute atomic E-state index is 0.258.